The zero-order valence-electron chi connectivity index (χ0n) is 15.0. The molecule has 0 radical (unpaired) electrons. The van der Waals surface area contributed by atoms with Crippen LogP contribution in [0, 0.1) is 11.6 Å². The number of sulfonamides is 1. The summed E-state index contributed by atoms with van der Waals surface area (Å²) in [5.74, 6) is -2.87. The number of anilines is 1. The molecule has 0 saturated heterocycles. The standard InChI is InChI=1S/C16H19ClF2N4O3S/c1-16(2,3)21-22-27(25,26)9-7-12(23(4)8-9)15(24)20-11-6-5-10(18)13(17)14(11)19/h5-8,21-22H,1-4H3,(H,20,24). The van der Waals surface area contributed by atoms with Crippen molar-refractivity contribution < 1.29 is 22.0 Å². The fourth-order valence-electron chi connectivity index (χ4n) is 1.99. The molecule has 1 aromatic carbocycles. The molecule has 0 atom stereocenters. The number of rotatable bonds is 5. The average Bonchev–Trinajstić information content (AvgIpc) is 2.96. The summed E-state index contributed by atoms with van der Waals surface area (Å²) in [6.45, 7) is 5.30. The van der Waals surface area contributed by atoms with Crippen LogP contribution >= 0.6 is 11.6 Å². The SMILES string of the molecule is Cn1cc(S(=O)(=O)NNC(C)(C)C)cc1C(=O)Nc1ccc(F)c(Cl)c1F. The summed E-state index contributed by atoms with van der Waals surface area (Å²) in [5, 5.41) is 1.49. The van der Waals surface area contributed by atoms with Crippen molar-refractivity contribution in [3.8, 4) is 0 Å². The second-order valence-electron chi connectivity index (χ2n) is 6.83. The van der Waals surface area contributed by atoms with Gasteiger partial charge < -0.3 is 9.88 Å². The molecular weight excluding hydrogens is 402 g/mol. The van der Waals surface area contributed by atoms with Gasteiger partial charge in [0, 0.05) is 18.8 Å². The number of nitrogens with zero attached hydrogens (tertiary/aromatic N) is 1. The number of carbonyl (C=O) groups excluding carboxylic acids is 1. The number of hydrogen-bond acceptors (Lipinski definition) is 4. The van der Waals surface area contributed by atoms with Crippen molar-refractivity contribution in [2.75, 3.05) is 5.32 Å². The summed E-state index contributed by atoms with van der Waals surface area (Å²) < 4.78 is 53.1. The molecule has 0 bridgehead atoms. The molecule has 1 aromatic heterocycles. The Labute approximate surface area is 160 Å². The van der Waals surface area contributed by atoms with Crippen LogP contribution in [0.25, 0.3) is 0 Å². The van der Waals surface area contributed by atoms with Crippen LogP contribution in [-0.2, 0) is 17.1 Å². The predicted molar refractivity (Wildman–Crippen MR) is 97.9 cm³/mol. The molecule has 0 fully saturated rings. The fourth-order valence-corrected chi connectivity index (χ4v) is 3.28. The van der Waals surface area contributed by atoms with E-state index in [0.717, 1.165) is 18.2 Å². The van der Waals surface area contributed by atoms with Gasteiger partial charge in [0.2, 0.25) is 0 Å². The molecule has 1 heterocycles. The Morgan fingerprint density at radius 3 is 2.44 bits per heavy atom. The largest absolute Gasteiger partial charge is 0.345 e. The summed E-state index contributed by atoms with van der Waals surface area (Å²) >= 11 is 5.48. The lowest BCUT2D eigenvalue weighted by molar-refractivity contribution is 0.101. The Morgan fingerprint density at radius 1 is 1.22 bits per heavy atom. The summed E-state index contributed by atoms with van der Waals surface area (Å²) in [7, 11) is -2.47. The van der Waals surface area contributed by atoms with Crippen molar-refractivity contribution in [3.05, 3.63) is 46.7 Å². The molecule has 1 amide bonds. The summed E-state index contributed by atoms with van der Waals surface area (Å²) in [6, 6.07) is 3.05. The highest BCUT2D eigenvalue weighted by Gasteiger charge is 2.23. The molecule has 0 unspecified atom stereocenters. The number of carbonyl (C=O) groups is 1. The van der Waals surface area contributed by atoms with Crippen molar-refractivity contribution in [2.45, 2.75) is 31.2 Å². The number of amides is 1. The van der Waals surface area contributed by atoms with Gasteiger partial charge in [-0.05, 0) is 39.0 Å². The molecule has 11 heteroatoms. The van der Waals surface area contributed by atoms with E-state index in [-0.39, 0.29) is 16.3 Å². The molecule has 0 aliphatic heterocycles. The summed E-state index contributed by atoms with van der Waals surface area (Å²) in [6.07, 6.45) is 1.23. The number of hydrazine groups is 1. The van der Waals surface area contributed by atoms with Crippen LogP contribution in [0.15, 0.2) is 29.3 Å². The van der Waals surface area contributed by atoms with Crippen LogP contribution < -0.4 is 15.6 Å². The predicted octanol–water partition coefficient (Wildman–Crippen LogP) is 2.79. The van der Waals surface area contributed by atoms with E-state index in [1.165, 1.54) is 17.8 Å². The van der Waals surface area contributed by atoms with E-state index >= 15 is 0 Å². The van der Waals surface area contributed by atoms with E-state index < -0.39 is 38.1 Å². The first-order valence-corrected chi connectivity index (χ1v) is 9.58. The molecular formula is C16H19ClF2N4O3S. The highest BCUT2D eigenvalue weighted by Crippen LogP contribution is 2.26. The number of aryl methyl sites for hydroxylation is 1. The number of benzene rings is 1. The normalized spacial score (nSPS) is 12.3. The van der Waals surface area contributed by atoms with E-state index in [1.807, 2.05) is 0 Å². The van der Waals surface area contributed by atoms with E-state index in [9.17, 15) is 22.0 Å². The highest BCUT2D eigenvalue weighted by atomic mass is 35.5. The van der Waals surface area contributed by atoms with Gasteiger partial charge in [-0.1, -0.05) is 11.6 Å². The smallest absolute Gasteiger partial charge is 0.272 e. The second kappa shape index (κ2) is 7.55. The maximum absolute atomic E-state index is 13.9. The number of hydrogen-bond donors (Lipinski definition) is 3. The van der Waals surface area contributed by atoms with Gasteiger partial charge in [0.05, 0.1) is 5.69 Å². The molecule has 7 nitrogen and oxygen atoms in total. The Bertz CT molecular complexity index is 984. The summed E-state index contributed by atoms with van der Waals surface area (Å²) in [4.78, 5) is 14.4. The zero-order valence-corrected chi connectivity index (χ0v) is 16.6. The van der Waals surface area contributed by atoms with Crippen LogP contribution in [0.5, 0.6) is 0 Å². The van der Waals surface area contributed by atoms with Gasteiger partial charge >= 0.3 is 0 Å². The van der Waals surface area contributed by atoms with Gasteiger partial charge in [-0.3, -0.25) is 4.79 Å². The van der Waals surface area contributed by atoms with Crippen LogP contribution in [0.1, 0.15) is 31.3 Å². The molecule has 0 aliphatic rings. The van der Waals surface area contributed by atoms with Crippen molar-refractivity contribution in [2.24, 2.45) is 7.05 Å². The first-order valence-electron chi connectivity index (χ1n) is 7.72. The fraction of sp³-hybridized carbons (Fsp3) is 0.312. The Balaban J connectivity index is 2.26. The molecule has 2 aromatic rings. The number of aromatic nitrogens is 1. The first kappa shape index (κ1) is 21.3. The first-order chi connectivity index (χ1) is 12.3. The third kappa shape index (κ3) is 5.04. The van der Waals surface area contributed by atoms with E-state index in [0.29, 0.717) is 0 Å². The van der Waals surface area contributed by atoms with Crippen molar-refractivity contribution in [3.63, 3.8) is 0 Å². The third-order valence-electron chi connectivity index (χ3n) is 3.37. The maximum atomic E-state index is 13.9. The van der Waals surface area contributed by atoms with Crippen molar-refractivity contribution >= 4 is 33.2 Å². The van der Waals surface area contributed by atoms with Gasteiger partial charge in [0.25, 0.3) is 15.9 Å². The van der Waals surface area contributed by atoms with Gasteiger partial charge in [-0.15, -0.1) is 4.83 Å². The monoisotopic (exact) mass is 420 g/mol. The number of halogens is 3. The molecule has 0 aliphatic carbocycles. The quantitative estimate of drug-likeness (QED) is 0.512. The van der Waals surface area contributed by atoms with Crippen LogP contribution in [-0.4, -0.2) is 24.4 Å². The minimum Gasteiger partial charge on any atom is -0.345 e. The van der Waals surface area contributed by atoms with Gasteiger partial charge in [0.1, 0.15) is 21.4 Å². The minimum atomic E-state index is -3.93. The van der Waals surface area contributed by atoms with Crippen molar-refractivity contribution in [1.82, 2.24) is 14.8 Å². The van der Waals surface area contributed by atoms with E-state index in [2.05, 4.69) is 15.6 Å². The number of nitrogens with one attached hydrogen (secondary N) is 3. The Hall–Kier alpha value is -2.01. The highest BCUT2D eigenvalue weighted by molar-refractivity contribution is 7.89. The van der Waals surface area contributed by atoms with Crippen LogP contribution in [0.4, 0.5) is 14.5 Å². The molecule has 2 rings (SSSR count). The topological polar surface area (TPSA) is 92.2 Å². The minimum absolute atomic E-state index is 0.0500. The lowest BCUT2D eigenvalue weighted by Crippen LogP contribution is -2.48. The zero-order chi connectivity index (χ0) is 20.6. The molecule has 27 heavy (non-hydrogen) atoms. The van der Waals surface area contributed by atoms with Crippen LogP contribution in [0.3, 0.4) is 0 Å². The van der Waals surface area contributed by atoms with Gasteiger partial charge in [-0.25, -0.2) is 22.6 Å². The van der Waals surface area contributed by atoms with Gasteiger partial charge in [-0.2, -0.15) is 0 Å². The molecule has 0 saturated carbocycles. The summed E-state index contributed by atoms with van der Waals surface area (Å²) in [5.41, 5.74) is 1.74. The average molecular weight is 421 g/mol. The van der Waals surface area contributed by atoms with Gasteiger partial charge in [0.15, 0.2) is 5.82 Å². The van der Waals surface area contributed by atoms with E-state index in [4.69, 9.17) is 11.6 Å². The van der Waals surface area contributed by atoms with Crippen molar-refractivity contribution in [1.29, 1.82) is 0 Å². The van der Waals surface area contributed by atoms with E-state index in [1.54, 1.807) is 20.8 Å². The third-order valence-corrected chi connectivity index (χ3v) is 4.93. The molecule has 3 N–H and O–H groups in total. The second-order valence-corrected chi connectivity index (χ2v) is 8.89. The Morgan fingerprint density at radius 2 is 1.85 bits per heavy atom. The maximum Gasteiger partial charge on any atom is 0.272 e. The lowest BCUT2D eigenvalue weighted by atomic mass is 10.1. The molecule has 0 spiro atoms. The molecule has 148 valence electrons. The Kier molecular flexibility index (Phi) is 5.95. The lowest BCUT2D eigenvalue weighted by Gasteiger charge is -2.20. The van der Waals surface area contributed by atoms with Crippen LogP contribution in [0.2, 0.25) is 5.02 Å².